The average Bonchev–Trinajstić information content (AvgIpc) is 2.43. The molecule has 0 aliphatic carbocycles. The number of nitrogens with one attached hydrogen (secondary N) is 1. The first-order chi connectivity index (χ1) is 9.04. The van der Waals surface area contributed by atoms with Crippen molar-refractivity contribution in [2.24, 2.45) is 5.73 Å². The summed E-state index contributed by atoms with van der Waals surface area (Å²) in [6.07, 6.45) is 2.97. The van der Waals surface area contributed by atoms with Crippen LogP contribution in [-0.4, -0.2) is 35.9 Å². The summed E-state index contributed by atoms with van der Waals surface area (Å²) in [5.74, 6) is -1.64. The van der Waals surface area contributed by atoms with E-state index in [1.807, 2.05) is 0 Å². The van der Waals surface area contributed by atoms with Crippen LogP contribution in [0.4, 0.5) is 0 Å². The van der Waals surface area contributed by atoms with Gasteiger partial charge >= 0.3 is 5.97 Å². The van der Waals surface area contributed by atoms with E-state index < -0.39 is 23.8 Å². The molecular formula is C12H15N3O4. The van der Waals surface area contributed by atoms with Crippen molar-refractivity contribution >= 4 is 17.8 Å². The minimum Gasteiger partial charge on any atom is -0.467 e. The van der Waals surface area contributed by atoms with Crippen LogP contribution in [0, 0.1) is 0 Å². The first-order valence-electron chi connectivity index (χ1n) is 5.61. The lowest BCUT2D eigenvalue weighted by Gasteiger charge is -2.15. The molecule has 7 heteroatoms. The summed E-state index contributed by atoms with van der Waals surface area (Å²) in [5.41, 5.74) is 5.33. The van der Waals surface area contributed by atoms with Crippen LogP contribution < -0.4 is 11.1 Å². The quantitative estimate of drug-likeness (QED) is 0.681. The SMILES string of the molecule is COC(=O)C(CCC(N)=O)NC(=O)c1cccnc1. The van der Waals surface area contributed by atoms with Crippen LogP contribution in [-0.2, 0) is 14.3 Å². The molecule has 19 heavy (non-hydrogen) atoms. The van der Waals surface area contributed by atoms with Gasteiger partial charge in [0.25, 0.3) is 5.91 Å². The number of hydrogen-bond donors (Lipinski definition) is 2. The normalized spacial score (nSPS) is 11.4. The van der Waals surface area contributed by atoms with Gasteiger partial charge in [-0.1, -0.05) is 0 Å². The van der Waals surface area contributed by atoms with Crippen molar-refractivity contribution in [3.8, 4) is 0 Å². The number of pyridine rings is 1. The summed E-state index contributed by atoms with van der Waals surface area (Å²) in [6.45, 7) is 0. The van der Waals surface area contributed by atoms with Gasteiger partial charge in [-0.15, -0.1) is 0 Å². The number of methoxy groups -OCH3 is 1. The second kappa shape index (κ2) is 7.10. The summed E-state index contributed by atoms with van der Waals surface area (Å²) >= 11 is 0. The third-order valence-corrected chi connectivity index (χ3v) is 2.39. The van der Waals surface area contributed by atoms with Gasteiger partial charge in [-0.2, -0.15) is 0 Å². The van der Waals surface area contributed by atoms with E-state index in [2.05, 4.69) is 15.0 Å². The lowest BCUT2D eigenvalue weighted by Crippen LogP contribution is -2.42. The maximum Gasteiger partial charge on any atom is 0.328 e. The van der Waals surface area contributed by atoms with Crippen molar-refractivity contribution in [3.05, 3.63) is 30.1 Å². The summed E-state index contributed by atoms with van der Waals surface area (Å²) in [6, 6.07) is 2.25. The van der Waals surface area contributed by atoms with E-state index in [4.69, 9.17) is 5.73 Å². The highest BCUT2D eigenvalue weighted by molar-refractivity contribution is 5.96. The molecule has 0 fully saturated rings. The van der Waals surface area contributed by atoms with Crippen LogP contribution >= 0.6 is 0 Å². The molecule has 2 amide bonds. The van der Waals surface area contributed by atoms with Crippen molar-refractivity contribution in [2.45, 2.75) is 18.9 Å². The molecular weight excluding hydrogens is 250 g/mol. The molecule has 0 radical (unpaired) electrons. The third kappa shape index (κ3) is 4.74. The van der Waals surface area contributed by atoms with Gasteiger partial charge in [-0.3, -0.25) is 14.6 Å². The molecule has 1 aromatic heterocycles. The Balaban J connectivity index is 2.69. The van der Waals surface area contributed by atoms with E-state index >= 15 is 0 Å². The molecule has 0 aliphatic heterocycles. The van der Waals surface area contributed by atoms with Crippen molar-refractivity contribution < 1.29 is 19.1 Å². The first-order valence-corrected chi connectivity index (χ1v) is 5.61. The number of hydrogen-bond acceptors (Lipinski definition) is 5. The van der Waals surface area contributed by atoms with E-state index in [1.165, 1.54) is 19.5 Å². The third-order valence-electron chi connectivity index (χ3n) is 2.39. The van der Waals surface area contributed by atoms with Gasteiger partial charge in [0.2, 0.25) is 5.91 Å². The van der Waals surface area contributed by atoms with Crippen molar-refractivity contribution in [1.82, 2.24) is 10.3 Å². The van der Waals surface area contributed by atoms with Gasteiger partial charge in [0, 0.05) is 18.8 Å². The first kappa shape index (κ1) is 14.6. The Morgan fingerprint density at radius 3 is 2.74 bits per heavy atom. The number of rotatable bonds is 6. The molecule has 1 heterocycles. The largest absolute Gasteiger partial charge is 0.467 e. The van der Waals surface area contributed by atoms with E-state index in [0.29, 0.717) is 5.56 Å². The molecule has 0 saturated carbocycles. The number of carbonyl (C=O) groups excluding carboxylic acids is 3. The molecule has 1 atom stereocenters. The van der Waals surface area contributed by atoms with Crippen LogP contribution in [0.15, 0.2) is 24.5 Å². The van der Waals surface area contributed by atoms with Gasteiger partial charge in [0.1, 0.15) is 6.04 Å². The van der Waals surface area contributed by atoms with Gasteiger partial charge in [-0.05, 0) is 18.6 Å². The summed E-state index contributed by atoms with van der Waals surface area (Å²) in [7, 11) is 1.20. The zero-order valence-corrected chi connectivity index (χ0v) is 10.5. The van der Waals surface area contributed by atoms with Crippen LogP contribution in [0.3, 0.4) is 0 Å². The molecule has 0 spiro atoms. The van der Waals surface area contributed by atoms with Gasteiger partial charge in [-0.25, -0.2) is 4.79 Å². The molecule has 1 rings (SSSR count). The van der Waals surface area contributed by atoms with E-state index in [1.54, 1.807) is 12.1 Å². The Kier molecular flexibility index (Phi) is 5.46. The number of esters is 1. The zero-order chi connectivity index (χ0) is 14.3. The molecule has 3 N–H and O–H groups in total. The van der Waals surface area contributed by atoms with E-state index in [-0.39, 0.29) is 12.8 Å². The predicted octanol–water partition coefficient (Wildman–Crippen LogP) is -0.381. The molecule has 1 unspecified atom stereocenters. The van der Waals surface area contributed by atoms with Crippen LogP contribution in [0.25, 0.3) is 0 Å². The number of nitrogens with two attached hydrogens (primary N) is 1. The minimum absolute atomic E-state index is 0.0207. The topological polar surface area (TPSA) is 111 Å². The van der Waals surface area contributed by atoms with Crippen LogP contribution in [0.1, 0.15) is 23.2 Å². The van der Waals surface area contributed by atoms with Crippen molar-refractivity contribution in [3.63, 3.8) is 0 Å². The maximum atomic E-state index is 11.8. The van der Waals surface area contributed by atoms with Gasteiger partial charge in [0.15, 0.2) is 0 Å². The molecule has 7 nitrogen and oxygen atoms in total. The maximum absolute atomic E-state index is 11.8. The van der Waals surface area contributed by atoms with Gasteiger partial charge < -0.3 is 15.8 Å². The Hall–Kier alpha value is -2.44. The highest BCUT2D eigenvalue weighted by Crippen LogP contribution is 2.02. The summed E-state index contributed by atoms with van der Waals surface area (Å²) in [4.78, 5) is 37.9. The number of carbonyl (C=O) groups is 3. The number of nitrogens with zero attached hydrogens (tertiary/aromatic N) is 1. The average molecular weight is 265 g/mol. The second-order valence-electron chi connectivity index (χ2n) is 3.80. The fourth-order valence-corrected chi connectivity index (χ4v) is 1.42. The highest BCUT2D eigenvalue weighted by Gasteiger charge is 2.22. The predicted molar refractivity (Wildman–Crippen MR) is 65.9 cm³/mol. The van der Waals surface area contributed by atoms with Crippen molar-refractivity contribution in [1.29, 1.82) is 0 Å². The zero-order valence-electron chi connectivity index (χ0n) is 10.5. The Morgan fingerprint density at radius 1 is 1.47 bits per heavy atom. The van der Waals surface area contributed by atoms with E-state index in [9.17, 15) is 14.4 Å². The molecule has 0 saturated heterocycles. The highest BCUT2D eigenvalue weighted by atomic mass is 16.5. The number of ether oxygens (including phenoxy) is 1. The summed E-state index contributed by atoms with van der Waals surface area (Å²) in [5, 5.41) is 2.48. The lowest BCUT2D eigenvalue weighted by molar-refractivity contribution is -0.143. The standard InChI is InChI=1S/C12H15N3O4/c1-19-12(18)9(4-5-10(13)16)15-11(17)8-3-2-6-14-7-8/h2-3,6-7,9H,4-5H2,1H3,(H2,13,16)(H,15,17). The summed E-state index contributed by atoms with van der Waals surface area (Å²) < 4.78 is 4.56. The molecule has 0 aromatic carbocycles. The number of aromatic nitrogens is 1. The molecule has 1 aromatic rings. The second-order valence-corrected chi connectivity index (χ2v) is 3.80. The van der Waals surface area contributed by atoms with Gasteiger partial charge in [0.05, 0.1) is 12.7 Å². The van der Waals surface area contributed by atoms with Crippen LogP contribution in [0.2, 0.25) is 0 Å². The molecule has 102 valence electrons. The fraction of sp³-hybridized carbons (Fsp3) is 0.333. The number of amides is 2. The molecule has 0 bridgehead atoms. The van der Waals surface area contributed by atoms with E-state index in [0.717, 1.165) is 0 Å². The lowest BCUT2D eigenvalue weighted by atomic mass is 10.1. The Labute approximate surface area is 110 Å². The molecule has 0 aliphatic rings. The Morgan fingerprint density at radius 2 is 2.21 bits per heavy atom. The smallest absolute Gasteiger partial charge is 0.328 e. The van der Waals surface area contributed by atoms with Crippen LogP contribution in [0.5, 0.6) is 0 Å². The van der Waals surface area contributed by atoms with Crippen molar-refractivity contribution in [2.75, 3.05) is 7.11 Å². The fourth-order valence-electron chi connectivity index (χ4n) is 1.42. The monoisotopic (exact) mass is 265 g/mol. The Bertz CT molecular complexity index is 461. The minimum atomic E-state index is -0.912. The number of primary amides is 1.